The molecule has 0 saturated carbocycles. The van der Waals surface area contributed by atoms with E-state index < -0.39 is 0 Å². The third-order valence-electron chi connectivity index (χ3n) is 3.35. The van der Waals surface area contributed by atoms with Gasteiger partial charge in [-0.15, -0.1) is 0 Å². The van der Waals surface area contributed by atoms with Gasteiger partial charge in [0.15, 0.2) is 5.65 Å². The van der Waals surface area contributed by atoms with Crippen LogP contribution in [0.1, 0.15) is 26.2 Å². The first kappa shape index (κ1) is 13.7. The Kier molecular flexibility index (Phi) is 4.42. The number of nitrogens with zero attached hydrogens (tertiary/aromatic N) is 3. The van der Waals surface area contributed by atoms with Crippen LogP contribution in [0.4, 0.5) is 5.82 Å². The summed E-state index contributed by atoms with van der Waals surface area (Å²) in [7, 11) is 0. The molecule has 3 heterocycles. The predicted octanol–water partition coefficient (Wildman–Crippen LogP) is 2.82. The number of imidazole rings is 1. The third-order valence-corrected chi connectivity index (χ3v) is 4.65. The minimum absolute atomic E-state index is 0.582. The average Bonchev–Trinajstić information content (AvgIpc) is 2.95. The number of hydrogen-bond acceptors (Lipinski definition) is 5. The smallest absolute Gasteiger partial charge is 0.169 e. The van der Waals surface area contributed by atoms with Crippen molar-refractivity contribution in [1.82, 2.24) is 14.4 Å². The Morgan fingerprint density at radius 3 is 3.10 bits per heavy atom. The summed E-state index contributed by atoms with van der Waals surface area (Å²) in [6.45, 7) is 4.81. The third kappa shape index (κ3) is 3.07. The number of ether oxygens (including phenoxy) is 1. The maximum Gasteiger partial charge on any atom is 0.169 e. The molecule has 0 atom stereocenters. The van der Waals surface area contributed by atoms with Crippen molar-refractivity contribution < 1.29 is 4.74 Å². The molecule has 0 spiro atoms. The number of fused-ring (bicyclic) bond motifs is 1. The van der Waals surface area contributed by atoms with Crippen LogP contribution in [0.15, 0.2) is 23.6 Å². The second-order valence-electron chi connectivity index (χ2n) is 4.95. The van der Waals surface area contributed by atoms with Crippen LogP contribution in [0.5, 0.6) is 0 Å². The SMILES string of the molecule is CCCNc1cn2ccnc2c(SC2CCOCC2)n1. The van der Waals surface area contributed by atoms with Gasteiger partial charge in [-0.3, -0.25) is 0 Å². The Labute approximate surface area is 123 Å². The van der Waals surface area contributed by atoms with Crippen molar-refractivity contribution in [2.24, 2.45) is 0 Å². The monoisotopic (exact) mass is 292 g/mol. The van der Waals surface area contributed by atoms with Gasteiger partial charge in [0.25, 0.3) is 0 Å². The number of thioether (sulfide) groups is 1. The van der Waals surface area contributed by atoms with Crippen LogP contribution in [0.25, 0.3) is 5.65 Å². The minimum atomic E-state index is 0.582. The van der Waals surface area contributed by atoms with E-state index in [1.54, 1.807) is 0 Å². The molecular weight excluding hydrogens is 272 g/mol. The molecule has 1 N–H and O–H groups in total. The molecule has 0 unspecified atom stereocenters. The molecule has 0 bridgehead atoms. The lowest BCUT2D eigenvalue weighted by Crippen LogP contribution is -2.17. The van der Waals surface area contributed by atoms with Gasteiger partial charge in [-0.1, -0.05) is 18.7 Å². The first-order valence-corrected chi connectivity index (χ1v) is 8.07. The fraction of sp³-hybridized carbons (Fsp3) is 0.571. The van der Waals surface area contributed by atoms with Gasteiger partial charge in [0.05, 0.1) is 6.20 Å². The van der Waals surface area contributed by atoms with E-state index in [0.717, 1.165) is 55.5 Å². The molecule has 1 aliphatic heterocycles. The summed E-state index contributed by atoms with van der Waals surface area (Å²) in [6.07, 6.45) is 9.08. The summed E-state index contributed by atoms with van der Waals surface area (Å²) in [5.41, 5.74) is 0.948. The van der Waals surface area contributed by atoms with Crippen molar-refractivity contribution in [2.45, 2.75) is 36.5 Å². The van der Waals surface area contributed by atoms with E-state index >= 15 is 0 Å². The molecular formula is C14H20N4OS. The number of rotatable bonds is 5. The van der Waals surface area contributed by atoms with Crippen molar-refractivity contribution in [3.8, 4) is 0 Å². The molecule has 0 aromatic carbocycles. The quantitative estimate of drug-likeness (QED) is 0.918. The van der Waals surface area contributed by atoms with E-state index in [9.17, 15) is 0 Å². The summed E-state index contributed by atoms with van der Waals surface area (Å²) in [5, 5.41) is 4.95. The Hall–Kier alpha value is -1.27. The first-order chi connectivity index (χ1) is 9.86. The molecule has 3 rings (SSSR count). The average molecular weight is 292 g/mol. The Bertz CT molecular complexity index is 565. The highest BCUT2D eigenvalue weighted by molar-refractivity contribution is 8.00. The van der Waals surface area contributed by atoms with Crippen molar-refractivity contribution >= 4 is 23.2 Å². The van der Waals surface area contributed by atoms with Crippen LogP contribution in [0, 0.1) is 0 Å². The standard InChI is InChI=1S/C14H20N4OS/c1-2-5-15-12-10-18-7-6-16-13(18)14(17-12)20-11-3-8-19-9-4-11/h6-7,10-11,15H,2-5,8-9H2,1H3. The van der Waals surface area contributed by atoms with Crippen molar-refractivity contribution in [3.05, 3.63) is 18.6 Å². The highest BCUT2D eigenvalue weighted by atomic mass is 32.2. The topological polar surface area (TPSA) is 51.5 Å². The molecule has 0 radical (unpaired) electrons. The van der Waals surface area contributed by atoms with Crippen molar-refractivity contribution in [3.63, 3.8) is 0 Å². The molecule has 108 valence electrons. The lowest BCUT2D eigenvalue weighted by Gasteiger charge is -2.21. The van der Waals surface area contributed by atoms with Crippen molar-refractivity contribution in [1.29, 1.82) is 0 Å². The van der Waals surface area contributed by atoms with E-state index in [0.29, 0.717) is 5.25 Å². The van der Waals surface area contributed by atoms with E-state index in [1.165, 1.54) is 0 Å². The molecule has 1 aliphatic rings. The zero-order valence-electron chi connectivity index (χ0n) is 11.7. The van der Waals surface area contributed by atoms with E-state index in [4.69, 9.17) is 9.72 Å². The lowest BCUT2D eigenvalue weighted by molar-refractivity contribution is 0.1000. The molecule has 0 aliphatic carbocycles. The second-order valence-corrected chi connectivity index (χ2v) is 6.23. The van der Waals surface area contributed by atoms with Crippen LogP contribution in [-0.2, 0) is 4.74 Å². The Morgan fingerprint density at radius 1 is 1.45 bits per heavy atom. The molecule has 20 heavy (non-hydrogen) atoms. The minimum Gasteiger partial charge on any atom is -0.381 e. The van der Waals surface area contributed by atoms with Crippen LogP contribution < -0.4 is 5.32 Å². The maximum absolute atomic E-state index is 5.42. The highest BCUT2D eigenvalue weighted by Crippen LogP contribution is 2.31. The predicted molar refractivity (Wildman–Crippen MR) is 81.5 cm³/mol. The lowest BCUT2D eigenvalue weighted by atomic mass is 10.2. The van der Waals surface area contributed by atoms with Crippen LogP contribution in [-0.4, -0.2) is 39.4 Å². The van der Waals surface area contributed by atoms with Gasteiger partial charge in [0, 0.05) is 37.4 Å². The number of anilines is 1. The highest BCUT2D eigenvalue weighted by Gasteiger charge is 2.18. The van der Waals surface area contributed by atoms with E-state index in [2.05, 4.69) is 17.2 Å². The summed E-state index contributed by atoms with van der Waals surface area (Å²) >= 11 is 1.83. The molecule has 2 aromatic rings. The Balaban J connectivity index is 1.84. The fourth-order valence-corrected chi connectivity index (χ4v) is 3.43. The zero-order chi connectivity index (χ0) is 13.8. The van der Waals surface area contributed by atoms with Gasteiger partial charge in [-0.25, -0.2) is 9.97 Å². The van der Waals surface area contributed by atoms with E-state index in [1.807, 2.05) is 34.8 Å². The first-order valence-electron chi connectivity index (χ1n) is 7.19. The number of nitrogens with one attached hydrogen (secondary N) is 1. The summed E-state index contributed by atoms with van der Waals surface area (Å²) < 4.78 is 7.47. The zero-order valence-corrected chi connectivity index (χ0v) is 12.5. The molecule has 2 aromatic heterocycles. The maximum atomic E-state index is 5.42. The van der Waals surface area contributed by atoms with Crippen molar-refractivity contribution in [2.75, 3.05) is 25.1 Å². The number of hydrogen-bond donors (Lipinski definition) is 1. The van der Waals surface area contributed by atoms with Crippen LogP contribution in [0.2, 0.25) is 0 Å². The molecule has 1 saturated heterocycles. The summed E-state index contributed by atoms with van der Waals surface area (Å²) in [4.78, 5) is 9.16. The Morgan fingerprint density at radius 2 is 2.30 bits per heavy atom. The van der Waals surface area contributed by atoms with Gasteiger partial charge >= 0.3 is 0 Å². The molecule has 5 nitrogen and oxygen atoms in total. The second kappa shape index (κ2) is 6.45. The van der Waals surface area contributed by atoms with Gasteiger partial charge in [-0.2, -0.15) is 0 Å². The van der Waals surface area contributed by atoms with Gasteiger partial charge in [0.2, 0.25) is 0 Å². The van der Waals surface area contributed by atoms with E-state index in [-0.39, 0.29) is 0 Å². The summed E-state index contributed by atoms with van der Waals surface area (Å²) in [5.74, 6) is 0.923. The van der Waals surface area contributed by atoms with Crippen LogP contribution >= 0.6 is 11.8 Å². The number of aromatic nitrogens is 3. The summed E-state index contributed by atoms with van der Waals surface area (Å²) in [6, 6.07) is 0. The molecule has 6 heteroatoms. The molecule has 0 amide bonds. The normalized spacial score (nSPS) is 16.6. The van der Waals surface area contributed by atoms with Gasteiger partial charge in [0.1, 0.15) is 10.8 Å². The van der Waals surface area contributed by atoms with Crippen LogP contribution in [0.3, 0.4) is 0 Å². The largest absolute Gasteiger partial charge is 0.381 e. The van der Waals surface area contributed by atoms with Gasteiger partial charge < -0.3 is 14.5 Å². The fourth-order valence-electron chi connectivity index (χ4n) is 2.27. The van der Waals surface area contributed by atoms with Gasteiger partial charge in [-0.05, 0) is 19.3 Å². The molecule has 1 fully saturated rings.